The Hall–Kier alpha value is -3.10. The molecule has 0 unspecified atom stereocenters. The fraction of sp³-hybridized carbons (Fsp3) is 0. The molecule has 0 aliphatic rings. The van der Waals surface area contributed by atoms with Crippen LogP contribution in [0.3, 0.4) is 0 Å². The van der Waals surface area contributed by atoms with E-state index in [1.807, 2.05) is 0 Å². The average Bonchev–Trinajstić information content (AvgIpc) is 2.59. The van der Waals surface area contributed by atoms with Gasteiger partial charge in [0.25, 0.3) is 0 Å². The minimum absolute atomic E-state index is 0.0432. The number of hydrogen-bond acceptors (Lipinski definition) is 7. The third-order valence-corrected chi connectivity index (χ3v) is 3.89. The molecule has 1 aromatic heterocycles. The molecule has 132 valence electrons. The third kappa shape index (κ3) is 3.76. The SMILES string of the molecule is Nc1ncnc(Nc2ccc(Oc3ccccc3Cl)c(Cl)c2)c1[N+](=O)[O-]. The number of nitrogens with two attached hydrogens (primary N) is 1. The molecule has 3 N–H and O–H groups in total. The van der Waals surface area contributed by atoms with Gasteiger partial charge in [-0.1, -0.05) is 35.3 Å². The van der Waals surface area contributed by atoms with Crippen molar-refractivity contribution in [2.45, 2.75) is 0 Å². The van der Waals surface area contributed by atoms with Crippen molar-refractivity contribution < 1.29 is 9.66 Å². The second kappa shape index (κ2) is 7.42. The van der Waals surface area contributed by atoms with Crippen molar-refractivity contribution in [2.75, 3.05) is 11.1 Å². The van der Waals surface area contributed by atoms with Crippen LogP contribution < -0.4 is 15.8 Å². The average molecular weight is 392 g/mol. The maximum Gasteiger partial charge on any atom is 0.353 e. The van der Waals surface area contributed by atoms with Gasteiger partial charge in [0.15, 0.2) is 0 Å². The number of benzene rings is 2. The molecule has 0 fully saturated rings. The quantitative estimate of drug-likeness (QED) is 0.473. The van der Waals surface area contributed by atoms with Crippen molar-refractivity contribution in [3.63, 3.8) is 0 Å². The van der Waals surface area contributed by atoms with Gasteiger partial charge < -0.3 is 15.8 Å². The van der Waals surface area contributed by atoms with E-state index < -0.39 is 10.6 Å². The second-order valence-corrected chi connectivity index (χ2v) is 5.83. The summed E-state index contributed by atoms with van der Waals surface area (Å²) in [6.45, 7) is 0. The van der Waals surface area contributed by atoms with Gasteiger partial charge in [-0.25, -0.2) is 9.97 Å². The highest BCUT2D eigenvalue weighted by atomic mass is 35.5. The van der Waals surface area contributed by atoms with Crippen LogP contribution in [0.15, 0.2) is 48.8 Å². The molecular formula is C16H11Cl2N5O3. The largest absolute Gasteiger partial charge is 0.454 e. The summed E-state index contributed by atoms with van der Waals surface area (Å²) in [5.41, 5.74) is 5.58. The van der Waals surface area contributed by atoms with Gasteiger partial charge in [0.1, 0.15) is 17.8 Å². The minimum Gasteiger partial charge on any atom is -0.454 e. The molecule has 8 nitrogen and oxygen atoms in total. The van der Waals surface area contributed by atoms with Gasteiger partial charge in [0.05, 0.1) is 15.0 Å². The van der Waals surface area contributed by atoms with E-state index in [1.54, 1.807) is 36.4 Å². The molecule has 0 spiro atoms. The molecule has 1 heterocycles. The topological polar surface area (TPSA) is 116 Å². The van der Waals surface area contributed by atoms with E-state index >= 15 is 0 Å². The summed E-state index contributed by atoms with van der Waals surface area (Å²) < 4.78 is 5.68. The van der Waals surface area contributed by atoms with E-state index in [4.69, 9.17) is 33.7 Å². The Kier molecular flexibility index (Phi) is 5.06. The number of anilines is 3. The first-order valence-electron chi connectivity index (χ1n) is 7.19. The van der Waals surface area contributed by atoms with Crippen LogP contribution in [0.1, 0.15) is 0 Å². The Morgan fingerprint density at radius 1 is 1.08 bits per heavy atom. The lowest BCUT2D eigenvalue weighted by atomic mass is 10.3. The van der Waals surface area contributed by atoms with Crippen LogP contribution in [-0.2, 0) is 0 Å². The highest BCUT2D eigenvalue weighted by molar-refractivity contribution is 6.33. The van der Waals surface area contributed by atoms with Crippen LogP contribution in [0.25, 0.3) is 0 Å². The summed E-state index contributed by atoms with van der Waals surface area (Å²) in [5, 5.41) is 14.7. The third-order valence-electron chi connectivity index (χ3n) is 3.28. The fourth-order valence-corrected chi connectivity index (χ4v) is 2.50. The molecule has 0 atom stereocenters. The first kappa shape index (κ1) is 17.7. The number of nitrogen functional groups attached to an aromatic ring is 1. The lowest BCUT2D eigenvalue weighted by molar-refractivity contribution is -0.383. The molecule has 0 saturated carbocycles. The second-order valence-electron chi connectivity index (χ2n) is 5.02. The molecule has 3 aromatic rings. The van der Waals surface area contributed by atoms with Gasteiger partial charge in [-0.2, -0.15) is 0 Å². The number of nitrogens with one attached hydrogen (secondary N) is 1. The standard InChI is InChI=1S/C16H11Cl2N5O3/c17-10-3-1-2-4-12(10)26-13-6-5-9(7-11(13)18)22-16-14(23(24)25)15(19)20-8-21-16/h1-8H,(H3,19,20,21,22). The number of rotatable bonds is 5. The number of ether oxygens (including phenoxy) is 1. The van der Waals surface area contributed by atoms with Crippen molar-refractivity contribution in [3.05, 3.63) is 69.0 Å². The van der Waals surface area contributed by atoms with E-state index in [0.29, 0.717) is 22.2 Å². The van der Waals surface area contributed by atoms with E-state index in [9.17, 15) is 10.1 Å². The number of halogens is 2. The lowest BCUT2D eigenvalue weighted by Crippen LogP contribution is -2.05. The number of aromatic nitrogens is 2. The monoisotopic (exact) mass is 391 g/mol. The maximum atomic E-state index is 11.1. The smallest absolute Gasteiger partial charge is 0.353 e. The van der Waals surface area contributed by atoms with Gasteiger partial charge in [0, 0.05) is 5.69 Å². The van der Waals surface area contributed by atoms with Gasteiger partial charge in [-0.05, 0) is 30.3 Å². The van der Waals surface area contributed by atoms with E-state index in [-0.39, 0.29) is 16.7 Å². The molecule has 26 heavy (non-hydrogen) atoms. The first-order chi connectivity index (χ1) is 12.5. The summed E-state index contributed by atoms with van der Waals surface area (Å²) in [6.07, 6.45) is 1.13. The van der Waals surface area contributed by atoms with Crippen molar-refractivity contribution >= 4 is 46.2 Å². The fourth-order valence-electron chi connectivity index (χ4n) is 2.11. The van der Waals surface area contributed by atoms with Crippen molar-refractivity contribution in [1.82, 2.24) is 9.97 Å². The summed E-state index contributed by atoms with van der Waals surface area (Å²) in [6, 6.07) is 11.7. The van der Waals surface area contributed by atoms with Gasteiger partial charge in [-0.3, -0.25) is 10.1 Å². The highest BCUT2D eigenvalue weighted by Crippen LogP contribution is 2.36. The van der Waals surface area contributed by atoms with Crippen LogP contribution >= 0.6 is 23.2 Å². The summed E-state index contributed by atoms with van der Waals surface area (Å²) in [7, 11) is 0. The molecule has 0 bridgehead atoms. The van der Waals surface area contributed by atoms with Crippen molar-refractivity contribution in [2.24, 2.45) is 0 Å². The van der Waals surface area contributed by atoms with Crippen molar-refractivity contribution in [1.29, 1.82) is 0 Å². The maximum absolute atomic E-state index is 11.1. The predicted octanol–water partition coefficient (Wildman–Crippen LogP) is 4.81. The van der Waals surface area contributed by atoms with Crippen LogP contribution in [0.5, 0.6) is 11.5 Å². The lowest BCUT2D eigenvalue weighted by Gasteiger charge is -2.11. The number of hydrogen-bond donors (Lipinski definition) is 2. The zero-order valence-electron chi connectivity index (χ0n) is 13.0. The molecule has 2 aromatic carbocycles. The van der Waals surface area contributed by atoms with Crippen LogP contribution in [0.4, 0.5) is 23.0 Å². The molecule has 0 amide bonds. The number of para-hydroxylation sites is 1. The summed E-state index contributed by atoms with van der Waals surface area (Å²) in [5.74, 6) is 0.550. The van der Waals surface area contributed by atoms with Crippen LogP contribution in [0.2, 0.25) is 10.0 Å². The summed E-state index contributed by atoms with van der Waals surface area (Å²) >= 11 is 12.3. The van der Waals surface area contributed by atoms with Gasteiger partial charge in [-0.15, -0.1) is 0 Å². The molecular weight excluding hydrogens is 381 g/mol. The Balaban J connectivity index is 1.86. The zero-order valence-corrected chi connectivity index (χ0v) is 14.5. The van der Waals surface area contributed by atoms with Gasteiger partial charge >= 0.3 is 5.69 Å². The Bertz CT molecular complexity index is 984. The summed E-state index contributed by atoms with van der Waals surface area (Å²) in [4.78, 5) is 17.9. The zero-order chi connectivity index (χ0) is 18.7. The molecule has 0 radical (unpaired) electrons. The van der Waals surface area contributed by atoms with Crippen LogP contribution in [-0.4, -0.2) is 14.9 Å². The molecule has 0 aliphatic heterocycles. The molecule has 10 heteroatoms. The van der Waals surface area contributed by atoms with Crippen molar-refractivity contribution in [3.8, 4) is 11.5 Å². The predicted molar refractivity (Wildman–Crippen MR) is 99.4 cm³/mol. The number of nitro groups is 1. The molecule has 3 rings (SSSR count). The minimum atomic E-state index is -0.659. The Morgan fingerprint density at radius 3 is 2.50 bits per heavy atom. The Labute approximate surface area is 157 Å². The molecule has 0 saturated heterocycles. The number of nitrogens with zero attached hydrogens (tertiary/aromatic N) is 3. The van der Waals surface area contributed by atoms with Gasteiger partial charge in [0.2, 0.25) is 11.6 Å². The molecule has 0 aliphatic carbocycles. The highest BCUT2D eigenvalue weighted by Gasteiger charge is 2.21. The van der Waals surface area contributed by atoms with E-state index in [0.717, 1.165) is 6.33 Å². The normalized spacial score (nSPS) is 10.4. The van der Waals surface area contributed by atoms with E-state index in [2.05, 4.69) is 15.3 Å². The Morgan fingerprint density at radius 2 is 1.81 bits per heavy atom. The van der Waals surface area contributed by atoms with E-state index in [1.165, 1.54) is 6.07 Å². The first-order valence-corrected chi connectivity index (χ1v) is 7.95. The van der Waals surface area contributed by atoms with Crippen LogP contribution in [0, 0.1) is 10.1 Å².